The van der Waals surface area contributed by atoms with Crippen molar-refractivity contribution in [2.24, 2.45) is 0 Å². The molecule has 0 fully saturated rings. The minimum Gasteiger partial charge on any atom is -0.390 e. The van der Waals surface area contributed by atoms with E-state index in [4.69, 9.17) is 6.42 Å². The van der Waals surface area contributed by atoms with Crippen LogP contribution in [0.15, 0.2) is 0 Å². The second-order valence-electron chi connectivity index (χ2n) is 3.47. The van der Waals surface area contributed by atoms with Crippen LogP contribution in [0.4, 0.5) is 0 Å². The Morgan fingerprint density at radius 1 is 1.33 bits per heavy atom. The van der Waals surface area contributed by atoms with Gasteiger partial charge in [0.05, 0.1) is 5.60 Å². The van der Waals surface area contributed by atoms with Gasteiger partial charge < -0.3 is 5.11 Å². The lowest BCUT2D eigenvalue weighted by molar-refractivity contribution is 0.0683. The third-order valence-electron chi connectivity index (χ3n) is 1.50. The molecule has 0 atom stereocenters. The summed E-state index contributed by atoms with van der Waals surface area (Å²) in [6.45, 7) is 3.64. The van der Waals surface area contributed by atoms with Crippen molar-refractivity contribution in [3.63, 3.8) is 0 Å². The highest BCUT2D eigenvalue weighted by molar-refractivity contribution is 5.21. The molecule has 1 nitrogen and oxygen atoms in total. The monoisotopic (exact) mass is 164 g/mol. The van der Waals surface area contributed by atoms with Crippen molar-refractivity contribution in [3.05, 3.63) is 0 Å². The van der Waals surface area contributed by atoms with Crippen LogP contribution in [0.25, 0.3) is 0 Å². The summed E-state index contributed by atoms with van der Waals surface area (Å²) >= 11 is 0. The van der Waals surface area contributed by atoms with Crippen LogP contribution >= 0.6 is 0 Å². The Balaban J connectivity index is 3.30. The molecule has 0 unspecified atom stereocenters. The number of terminal acetylenes is 1. The van der Waals surface area contributed by atoms with Crippen molar-refractivity contribution in [2.45, 2.75) is 45.1 Å². The molecule has 1 N–H and O–H groups in total. The van der Waals surface area contributed by atoms with Gasteiger partial charge in [0, 0.05) is 6.42 Å². The van der Waals surface area contributed by atoms with Gasteiger partial charge in [-0.2, -0.15) is 0 Å². The Labute approximate surface area is 75.2 Å². The van der Waals surface area contributed by atoms with Gasteiger partial charge in [-0.1, -0.05) is 5.92 Å². The zero-order valence-electron chi connectivity index (χ0n) is 7.85. The standard InChI is InChI=1S/C11H16O/c1-4-5-6-7-8-9-10-11(2,3)12/h1,12H,7-10H2,2-3H3. The highest BCUT2D eigenvalue weighted by Gasteiger charge is 2.10. The van der Waals surface area contributed by atoms with E-state index < -0.39 is 5.60 Å². The molecule has 12 heavy (non-hydrogen) atoms. The number of hydrogen-bond donors (Lipinski definition) is 1. The van der Waals surface area contributed by atoms with E-state index >= 15 is 0 Å². The maximum atomic E-state index is 9.35. The molecule has 1 heteroatoms. The molecule has 0 bridgehead atoms. The fraction of sp³-hybridized carbons (Fsp3) is 0.636. The molecule has 0 aliphatic heterocycles. The van der Waals surface area contributed by atoms with Gasteiger partial charge in [-0.3, -0.25) is 0 Å². The van der Waals surface area contributed by atoms with Crippen molar-refractivity contribution in [1.82, 2.24) is 0 Å². The van der Waals surface area contributed by atoms with Crippen molar-refractivity contribution >= 4 is 0 Å². The highest BCUT2D eigenvalue weighted by Crippen LogP contribution is 2.12. The minimum absolute atomic E-state index is 0.542. The summed E-state index contributed by atoms with van der Waals surface area (Å²) in [7, 11) is 0. The second-order valence-corrected chi connectivity index (χ2v) is 3.47. The van der Waals surface area contributed by atoms with Crippen LogP contribution in [0.3, 0.4) is 0 Å². The Morgan fingerprint density at radius 2 is 2.00 bits per heavy atom. The number of unbranched alkanes of at least 4 members (excludes halogenated alkanes) is 2. The van der Waals surface area contributed by atoms with E-state index in [1.54, 1.807) is 0 Å². The van der Waals surface area contributed by atoms with Crippen molar-refractivity contribution < 1.29 is 5.11 Å². The molecule has 66 valence electrons. The van der Waals surface area contributed by atoms with Gasteiger partial charge in [-0.25, -0.2) is 0 Å². The molecule has 0 aromatic carbocycles. The molecule has 0 aliphatic rings. The first kappa shape index (κ1) is 11.1. The summed E-state index contributed by atoms with van der Waals surface area (Å²) in [5.41, 5.74) is -0.542. The van der Waals surface area contributed by atoms with Gasteiger partial charge in [0.1, 0.15) is 0 Å². The largest absolute Gasteiger partial charge is 0.390 e. The van der Waals surface area contributed by atoms with Crippen molar-refractivity contribution in [1.29, 1.82) is 0 Å². The summed E-state index contributed by atoms with van der Waals surface area (Å²) < 4.78 is 0. The zero-order valence-corrected chi connectivity index (χ0v) is 7.85. The minimum atomic E-state index is -0.542. The lowest BCUT2D eigenvalue weighted by Gasteiger charge is -2.15. The predicted octanol–water partition coefficient (Wildman–Crippen LogP) is 1.95. The Bertz CT molecular complexity index is 204. The molecular formula is C11H16O. The van der Waals surface area contributed by atoms with Crippen LogP contribution in [0.1, 0.15) is 39.5 Å². The highest BCUT2D eigenvalue weighted by atomic mass is 16.3. The molecule has 0 radical (unpaired) electrons. The maximum absolute atomic E-state index is 9.35. The Kier molecular flexibility index (Phi) is 5.26. The summed E-state index contributed by atoms with van der Waals surface area (Å²) in [5, 5.41) is 9.35. The molecule has 0 aliphatic carbocycles. The maximum Gasteiger partial charge on any atom is 0.0591 e. The van der Waals surface area contributed by atoms with Gasteiger partial charge >= 0.3 is 0 Å². The van der Waals surface area contributed by atoms with E-state index in [-0.39, 0.29) is 0 Å². The Hall–Kier alpha value is -0.920. The summed E-state index contributed by atoms with van der Waals surface area (Å²) in [6, 6.07) is 0. The van der Waals surface area contributed by atoms with Crippen LogP contribution in [0.2, 0.25) is 0 Å². The Morgan fingerprint density at radius 3 is 2.50 bits per heavy atom. The van der Waals surface area contributed by atoms with Crippen molar-refractivity contribution in [2.75, 3.05) is 0 Å². The second kappa shape index (κ2) is 5.70. The SMILES string of the molecule is C#CC#CCCCCC(C)(C)O. The van der Waals surface area contributed by atoms with Gasteiger partial charge in [0.15, 0.2) is 0 Å². The average Bonchev–Trinajstić information content (AvgIpc) is 1.94. The predicted molar refractivity (Wildman–Crippen MR) is 51.4 cm³/mol. The molecule has 0 aromatic rings. The fourth-order valence-electron chi connectivity index (χ4n) is 0.885. The molecule has 0 amide bonds. The molecule has 0 saturated carbocycles. The molecule has 0 saturated heterocycles. The number of aliphatic hydroxyl groups is 1. The van der Waals surface area contributed by atoms with E-state index in [0.717, 1.165) is 25.7 Å². The molecule has 0 heterocycles. The van der Waals surface area contributed by atoms with Crippen molar-refractivity contribution in [3.8, 4) is 24.2 Å². The smallest absolute Gasteiger partial charge is 0.0591 e. The van der Waals surface area contributed by atoms with Crippen LogP contribution in [-0.4, -0.2) is 10.7 Å². The van der Waals surface area contributed by atoms with Gasteiger partial charge in [0.25, 0.3) is 0 Å². The summed E-state index contributed by atoms with van der Waals surface area (Å²) in [4.78, 5) is 0. The summed E-state index contributed by atoms with van der Waals surface area (Å²) in [5.74, 6) is 7.68. The van der Waals surface area contributed by atoms with E-state index in [1.165, 1.54) is 0 Å². The normalized spacial score (nSPS) is 9.83. The van der Waals surface area contributed by atoms with Gasteiger partial charge in [-0.15, -0.1) is 6.42 Å². The fourth-order valence-corrected chi connectivity index (χ4v) is 0.885. The molecular weight excluding hydrogens is 148 g/mol. The third-order valence-corrected chi connectivity index (χ3v) is 1.50. The van der Waals surface area contributed by atoms with E-state index in [9.17, 15) is 5.11 Å². The number of rotatable bonds is 4. The first-order valence-corrected chi connectivity index (χ1v) is 4.22. The zero-order chi connectivity index (χ0) is 9.45. The molecule has 0 rings (SSSR count). The lowest BCUT2D eigenvalue weighted by Crippen LogP contribution is -2.17. The van der Waals surface area contributed by atoms with Gasteiger partial charge in [-0.05, 0) is 45.0 Å². The lowest BCUT2D eigenvalue weighted by atomic mass is 10.0. The van der Waals surface area contributed by atoms with Gasteiger partial charge in [0.2, 0.25) is 0 Å². The quantitative estimate of drug-likeness (QED) is 0.497. The van der Waals surface area contributed by atoms with E-state index in [1.807, 2.05) is 13.8 Å². The van der Waals surface area contributed by atoms with Crippen LogP contribution in [0, 0.1) is 24.2 Å². The first-order valence-electron chi connectivity index (χ1n) is 4.22. The van der Waals surface area contributed by atoms with Crippen LogP contribution in [0.5, 0.6) is 0 Å². The molecule has 0 spiro atoms. The van der Waals surface area contributed by atoms with E-state index in [2.05, 4.69) is 17.8 Å². The molecule has 0 aromatic heterocycles. The van der Waals surface area contributed by atoms with Crippen LogP contribution < -0.4 is 0 Å². The van der Waals surface area contributed by atoms with E-state index in [0.29, 0.717) is 0 Å². The third kappa shape index (κ3) is 9.08. The first-order chi connectivity index (χ1) is 5.56. The number of hydrogen-bond acceptors (Lipinski definition) is 1. The average molecular weight is 164 g/mol. The van der Waals surface area contributed by atoms with Crippen LogP contribution in [-0.2, 0) is 0 Å². The summed E-state index contributed by atoms with van der Waals surface area (Å²) in [6.07, 6.45) is 8.62. The topological polar surface area (TPSA) is 20.2 Å².